The first-order chi connectivity index (χ1) is 5.29. The second kappa shape index (κ2) is 2.43. The number of rotatable bonds is 2. The van der Waals surface area contributed by atoms with Gasteiger partial charge in [0.25, 0.3) is 6.34 Å². The number of hydrogen-bond acceptors (Lipinski definition) is 1. The molecule has 1 saturated carbocycles. The summed E-state index contributed by atoms with van der Waals surface area (Å²) >= 11 is 0. The molecular formula is C9H15N2+. The average molecular weight is 151 g/mol. The molecule has 1 aliphatic carbocycles. The third kappa shape index (κ3) is 1.22. The van der Waals surface area contributed by atoms with Crippen molar-refractivity contribution < 1.29 is 4.58 Å². The van der Waals surface area contributed by atoms with Gasteiger partial charge in [0.1, 0.15) is 0 Å². The van der Waals surface area contributed by atoms with Crippen LogP contribution < -0.4 is 0 Å². The van der Waals surface area contributed by atoms with Gasteiger partial charge in [-0.25, -0.2) is 0 Å². The first-order valence-corrected chi connectivity index (χ1v) is 4.43. The summed E-state index contributed by atoms with van der Waals surface area (Å²) < 4.78 is 2.41. The molecule has 0 N–H and O–H groups in total. The van der Waals surface area contributed by atoms with E-state index in [0.717, 1.165) is 6.04 Å². The molecule has 1 heterocycles. The van der Waals surface area contributed by atoms with E-state index in [1.165, 1.54) is 12.8 Å². The van der Waals surface area contributed by atoms with Crippen LogP contribution in [0.5, 0.6) is 0 Å². The van der Waals surface area contributed by atoms with Crippen molar-refractivity contribution in [3.05, 3.63) is 0 Å². The van der Waals surface area contributed by atoms with Crippen LogP contribution >= 0.6 is 0 Å². The predicted octanol–water partition coefficient (Wildman–Crippen LogP) is 1.30. The van der Waals surface area contributed by atoms with Crippen LogP contribution in [-0.4, -0.2) is 29.2 Å². The van der Waals surface area contributed by atoms with E-state index >= 15 is 0 Å². The molecule has 0 aromatic heterocycles. The van der Waals surface area contributed by atoms with Crippen molar-refractivity contribution in [2.45, 2.75) is 38.8 Å². The minimum Gasteiger partial charge on any atom is -0.252 e. The summed E-state index contributed by atoms with van der Waals surface area (Å²) in [6.45, 7) is 4.51. The maximum Gasteiger partial charge on any atom is 0.282 e. The average Bonchev–Trinajstić information content (AvgIpc) is 2.68. The van der Waals surface area contributed by atoms with E-state index < -0.39 is 0 Å². The van der Waals surface area contributed by atoms with Gasteiger partial charge in [0.2, 0.25) is 0 Å². The molecule has 1 aliphatic heterocycles. The Kier molecular flexibility index (Phi) is 1.55. The lowest BCUT2D eigenvalue weighted by atomic mass is 10.1. The van der Waals surface area contributed by atoms with Crippen molar-refractivity contribution in [3.63, 3.8) is 0 Å². The SMILES string of the molecule is CC(C)C1C=NC=[N+]1C1CC1. The van der Waals surface area contributed by atoms with Gasteiger partial charge in [-0.3, -0.25) is 4.58 Å². The summed E-state index contributed by atoms with van der Waals surface area (Å²) in [4.78, 5) is 4.20. The van der Waals surface area contributed by atoms with E-state index in [9.17, 15) is 0 Å². The molecule has 2 aliphatic rings. The topological polar surface area (TPSA) is 15.4 Å². The minimum absolute atomic E-state index is 0.572. The molecule has 0 spiro atoms. The van der Waals surface area contributed by atoms with Gasteiger partial charge in [-0.2, -0.15) is 0 Å². The highest BCUT2D eigenvalue weighted by Gasteiger charge is 2.37. The maximum atomic E-state index is 4.20. The molecule has 1 fully saturated rings. The highest BCUT2D eigenvalue weighted by Crippen LogP contribution is 2.27. The summed E-state index contributed by atoms with van der Waals surface area (Å²) in [5.41, 5.74) is 0. The summed E-state index contributed by atoms with van der Waals surface area (Å²) in [7, 11) is 0. The first kappa shape index (κ1) is 7.01. The smallest absolute Gasteiger partial charge is 0.252 e. The summed E-state index contributed by atoms with van der Waals surface area (Å²) in [6, 6.07) is 1.38. The zero-order chi connectivity index (χ0) is 7.84. The van der Waals surface area contributed by atoms with Crippen molar-refractivity contribution >= 4 is 12.6 Å². The van der Waals surface area contributed by atoms with Crippen LogP contribution in [0.1, 0.15) is 26.7 Å². The molecule has 0 amide bonds. The Labute approximate surface area is 67.6 Å². The molecular weight excluding hydrogens is 136 g/mol. The van der Waals surface area contributed by atoms with E-state index in [2.05, 4.69) is 29.6 Å². The fourth-order valence-electron chi connectivity index (χ4n) is 1.58. The quantitative estimate of drug-likeness (QED) is 0.529. The number of nitrogens with zero attached hydrogens (tertiary/aromatic N) is 2. The molecule has 60 valence electrons. The predicted molar refractivity (Wildman–Crippen MR) is 46.5 cm³/mol. The molecule has 11 heavy (non-hydrogen) atoms. The van der Waals surface area contributed by atoms with Crippen molar-refractivity contribution in [1.82, 2.24) is 0 Å². The molecule has 0 saturated heterocycles. The number of hydrogen-bond donors (Lipinski definition) is 0. The maximum absolute atomic E-state index is 4.20. The van der Waals surface area contributed by atoms with Gasteiger partial charge in [0, 0.05) is 5.92 Å². The van der Waals surface area contributed by atoms with Crippen LogP contribution in [0.15, 0.2) is 4.99 Å². The van der Waals surface area contributed by atoms with Crippen LogP contribution in [0.2, 0.25) is 0 Å². The van der Waals surface area contributed by atoms with Crippen LogP contribution in [-0.2, 0) is 0 Å². The monoisotopic (exact) mass is 151 g/mol. The second-order valence-corrected chi connectivity index (χ2v) is 3.83. The van der Waals surface area contributed by atoms with Gasteiger partial charge >= 0.3 is 0 Å². The molecule has 1 atom stereocenters. The fourth-order valence-corrected chi connectivity index (χ4v) is 1.58. The molecule has 0 radical (unpaired) electrons. The lowest BCUT2D eigenvalue weighted by molar-refractivity contribution is -0.561. The molecule has 2 rings (SSSR count). The molecule has 0 aromatic rings. The zero-order valence-corrected chi connectivity index (χ0v) is 7.20. The van der Waals surface area contributed by atoms with E-state index in [1.807, 2.05) is 6.34 Å². The lowest BCUT2D eigenvalue weighted by Crippen LogP contribution is -2.31. The minimum atomic E-state index is 0.572. The Bertz CT molecular complexity index is 212. The molecule has 0 aromatic carbocycles. The van der Waals surface area contributed by atoms with Gasteiger partial charge in [0.05, 0.1) is 6.04 Å². The van der Waals surface area contributed by atoms with E-state index in [-0.39, 0.29) is 0 Å². The van der Waals surface area contributed by atoms with Crippen LogP contribution in [0.25, 0.3) is 0 Å². The largest absolute Gasteiger partial charge is 0.282 e. The van der Waals surface area contributed by atoms with E-state index in [1.54, 1.807) is 0 Å². The van der Waals surface area contributed by atoms with Gasteiger partial charge in [0.15, 0.2) is 12.3 Å². The van der Waals surface area contributed by atoms with Gasteiger partial charge < -0.3 is 0 Å². The van der Waals surface area contributed by atoms with Gasteiger partial charge in [-0.1, -0.05) is 18.8 Å². The Morgan fingerprint density at radius 3 is 2.73 bits per heavy atom. The Morgan fingerprint density at radius 2 is 2.18 bits per heavy atom. The van der Waals surface area contributed by atoms with Crippen LogP contribution in [0.4, 0.5) is 0 Å². The third-order valence-corrected chi connectivity index (χ3v) is 2.43. The normalized spacial score (nSPS) is 29.7. The molecule has 2 nitrogen and oxygen atoms in total. The van der Waals surface area contributed by atoms with Crippen molar-refractivity contribution in [1.29, 1.82) is 0 Å². The van der Waals surface area contributed by atoms with Crippen molar-refractivity contribution in [2.75, 3.05) is 0 Å². The summed E-state index contributed by atoms with van der Waals surface area (Å²) in [6.07, 6.45) is 6.80. The molecule has 2 heteroatoms. The lowest BCUT2D eigenvalue weighted by Gasteiger charge is -2.12. The Morgan fingerprint density at radius 1 is 1.45 bits per heavy atom. The summed E-state index contributed by atoms with van der Waals surface area (Å²) in [5.74, 6) is 0.693. The standard InChI is InChI=1S/C9H15N2/c1-7(2)9-5-10-6-11(9)8-3-4-8/h5-9H,3-4H2,1-2H3/q+1. The summed E-state index contributed by atoms with van der Waals surface area (Å²) in [5, 5.41) is 0. The third-order valence-electron chi connectivity index (χ3n) is 2.43. The zero-order valence-electron chi connectivity index (χ0n) is 7.20. The van der Waals surface area contributed by atoms with Gasteiger partial charge in [-0.15, -0.1) is 0 Å². The Balaban J connectivity index is 2.09. The van der Waals surface area contributed by atoms with E-state index in [4.69, 9.17) is 0 Å². The van der Waals surface area contributed by atoms with Crippen LogP contribution in [0.3, 0.4) is 0 Å². The second-order valence-electron chi connectivity index (χ2n) is 3.83. The molecule has 0 bridgehead atoms. The van der Waals surface area contributed by atoms with Crippen molar-refractivity contribution in [3.8, 4) is 0 Å². The highest BCUT2D eigenvalue weighted by atomic mass is 15.2. The number of aliphatic imine (C=N–C) groups is 1. The first-order valence-electron chi connectivity index (χ1n) is 4.43. The van der Waals surface area contributed by atoms with Crippen LogP contribution in [0, 0.1) is 5.92 Å². The van der Waals surface area contributed by atoms with E-state index in [0.29, 0.717) is 12.0 Å². The fraction of sp³-hybridized carbons (Fsp3) is 0.778. The molecule has 1 unspecified atom stereocenters. The highest BCUT2D eigenvalue weighted by molar-refractivity contribution is 5.77. The van der Waals surface area contributed by atoms with Gasteiger partial charge in [-0.05, 0) is 12.8 Å². The van der Waals surface area contributed by atoms with Crippen molar-refractivity contribution in [2.24, 2.45) is 10.9 Å². The Hall–Kier alpha value is -0.660.